The second-order valence-electron chi connectivity index (χ2n) is 3.58. The maximum atomic E-state index is 3.27. The molecule has 0 saturated carbocycles. The lowest BCUT2D eigenvalue weighted by molar-refractivity contribution is 1.34. The second kappa shape index (κ2) is 3.77. The lowest BCUT2D eigenvalue weighted by atomic mass is 10.1. The van der Waals surface area contributed by atoms with Crippen molar-refractivity contribution in [2.24, 2.45) is 0 Å². The number of aromatic nitrogens is 1. The molecule has 0 fully saturated rings. The summed E-state index contributed by atoms with van der Waals surface area (Å²) in [7, 11) is 0. The molecule has 0 radical (unpaired) electrons. The standard InChI is InChI=1S/C12H12IN/c1-8-5-9(2)7-10(6-8)12-11(13)3-4-14-12/h3-7,14H,1-2H3. The maximum absolute atomic E-state index is 3.27. The molecule has 1 N–H and O–H groups in total. The Labute approximate surface area is 97.7 Å². The van der Waals surface area contributed by atoms with Gasteiger partial charge in [-0.3, -0.25) is 0 Å². The number of halogens is 1. The zero-order valence-electron chi connectivity index (χ0n) is 8.26. The van der Waals surface area contributed by atoms with E-state index < -0.39 is 0 Å². The number of rotatable bonds is 1. The largest absolute Gasteiger partial charge is 0.360 e. The molecule has 0 atom stereocenters. The lowest BCUT2D eigenvalue weighted by Crippen LogP contribution is -1.84. The van der Waals surface area contributed by atoms with Crippen molar-refractivity contribution in [2.45, 2.75) is 13.8 Å². The van der Waals surface area contributed by atoms with Gasteiger partial charge in [-0.2, -0.15) is 0 Å². The summed E-state index contributed by atoms with van der Waals surface area (Å²) in [5.41, 5.74) is 5.12. The molecular weight excluding hydrogens is 285 g/mol. The fraction of sp³-hybridized carbons (Fsp3) is 0.167. The molecule has 72 valence electrons. The van der Waals surface area contributed by atoms with Crippen LogP contribution in [0.15, 0.2) is 30.5 Å². The molecule has 1 aromatic heterocycles. The van der Waals surface area contributed by atoms with Gasteiger partial charge in [0.15, 0.2) is 0 Å². The quantitative estimate of drug-likeness (QED) is 0.768. The van der Waals surface area contributed by atoms with Crippen molar-refractivity contribution < 1.29 is 0 Å². The van der Waals surface area contributed by atoms with E-state index in [0.29, 0.717) is 0 Å². The van der Waals surface area contributed by atoms with Gasteiger partial charge in [-0.05, 0) is 60.2 Å². The molecular formula is C12H12IN. The number of hydrogen-bond donors (Lipinski definition) is 1. The van der Waals surface area contributed by atoms with E-state index in [1.807, 2.05) is 6.20 Å². The van der Waals surface area contributed by atoms with Crippen molar-refractivity contribution in [1.82, 2.24) is 4.98 Å². The summed E-state index contributed by atoms with van der Waals surface area (Å²) in [4.78, 5) is 3.27. The number of H-pyrrole nitrogens is 1. The molecule has 0 aliphatic heterocycles. The zero-order valence-corrected chi connectivity index (χ0v) is 10.4. The van der Waals surface area contributed by atoms with Gasteiger partial charge in [-0.15, -0.1) is 0 Å². The normalized spacial score (nSPS) is 10.5. The topological polar surface area (TPSA) is 15.8 Å². The summed E-state index contributed by atoms with van der Waals surface area (Å²) >= 11 is 2.35. The molecule has 2 heteroatoms. The molecule has 0 bridgehead atoms. The van der Waals surface area contributed by atoms with Crippen molar-refractivity contribution in [1.29, 1.82) is 0 Å². The summed E-state index contributed by atoms with van der Waals surface area (Å²) in [6, 6.07) is 8.70. The van der Waals surface area contributed by atoms with E-state index in [-0.39, 0.29) is 0 Å². The van der Waals surface area contributed by atoms with Gasteiger partial charge >= 0.3 is 0 Å². The molecule has 0 aliphatic rings. The minimum atomic E-state index is 1.22. The van der Waals surface area contributed by atoms with Crippen LogP contribution >= 0.6 is 22.6 Å². The lowest BCUT2D eigenvalue weighted by Gasteiger charge is -2.03. The van der Waals surface area contributed by atoms with Crippen LogP contribution in [-0.2, 0) is 0 Å². The number of aromatic amines is 1. The number of aryl methyl sites for hydroxylation is 2. The van der Waals surface area contributed by atoms with Crippen LogP contribution in [0.2, 0.25) is 0 Å². The number of hydrogen-bond acceptors (Lipinski definition) is 0. The Kier molecular flexibility index (Phi) is 2.63. The third-order valence-corrected chi connectivity index (χ3v) is 3.11. The third-order valence-electron chi connectivity index (χ3n) is 2.21. The highest BCUT2D eigenvalue weighted by atomic mass is 127. The van der Waals surface area contributed by atoms with Crippen molar-refractivity contribution in [3.05, 3.63) is 45.2 Å². The molecule has 0 saturated heterocycles. The van der Waals surface area contributed by atoms with E-state index >= 15 is 0 Å². The first-order valence-corrected chi connectivity index (χ1v) is 5.66. The molecule has 1 heterocycles. The maximum Gasteiger partial charge on any atom is 0.0589 e. The van der Waals surface area contributed by atoms with Gasteiger partial charge in [0, 0.05) is 9.77 Å². The molecule has 0 aliphatic carbocycles. The van der Waals surface area contributed by atoms with Crippen LogP contribution in [-0.4, -0.2) is 4.98 Å². The van der Waals surface area contributed by atoms with Crippen LogP contribution in [0.5, 0.6) is 0 Å². The van der Waals surface area contributed by atoms with Gasteiger partial charge in [0.05, 0.1) is 5.69 Å². The Morgan fingerprint density at radius 3 is 2.21 bits per heavy atom. The highest BCUT2D eigenvalue weighted by molar-refractivity contribution is 14.1. The van der Waals surface area contributed by atoms with Gasteiger partial charge in [0.1, 0.15) is 0 Å². The van der Waals surface area contributed by atoms with Crippen molar-refractivity contribution in [3.63, 3.8) is 0 Å². The van der Waals surface area contributed by atoms with Gasteiger partial charge in [0.25, 0.3) is 0 Å². The highest BCUT2D eigenvalue weighted by Crippen LogP contribution is 2.25. The van der Waals surface area contributed by atoms with E-state index in [4.69, 9.17) is 0 Å². The summed E-state index contributed by atoms with van der Waals surface area (Å²) in [6.07, 6.45) is 1.98. The van der Waals surface area contributed by atoms with Crippen LogP contribution in [0.4, 0.5) is 0 Å². The third kappa shape index (κ3) is 1.85. The first-order valence-electron chi connectivity index (χ1n) is 4.58. The minimum Gasteiger partial charge on any atom is -0.360 e. The second-order valence-corrected chi connectivity index (χ2v) is 4.74. The number of benzene rings is 1. The first kappa shape index (κ1) is 9.77. The van der Waals surface area contributed by atoms with Crippen molar-refractivity contribution in [3.8, 4) is 11.3 Å². The molecule has 0 amide bonds. The Morgan fingerprint density at radius 2 is 1.71 bits per heavy atom. The van der Waals surface area contributed by atoms with Crippen LogP contribution in [0.3, 0.4) is 0 Å². The Hall–Kier alpha value is -0.770. The molecule has 0 unspecified atom stereocenters. The van der Waals surface area contributed by atoms with E-state index in [0.717, 1.165) is 0 Å². The van der Waals surface area contributed by atoms with E-state index in [9.17, 15) is 0 Å². The van der Waals surface area contributed by atoms with Gasteiger partial charge in [-0.1, -0.05) is 17.2 Å². The van der Waals surface area contributed by atoms with Crippen LogP contribution in [0.1, 0.15) is 11.1 Å². The summed E-state index contributed by atoms with van der Waals surface area (Å²) in [5.74, 6) is 0. The average molecular weight is 297 g/mol. The van der Waals surface area contributed by atoms with Crippen LogP contribution in [0, 0.1) is 17.4 Å². The monoisotopic (exact) mass is 297 g/mol. The van der Waals surface area contributed by atoms with Gasteiger partial charge < -0.3 is 4.98 Å². The molecule has 0 spiro atoms. The predicted octanol–water partition coefficient (Wildman–Crippen LogP) is 3.90. The Bertz CT molecular complexity index is 437. The highest BCUT2D eigenvalue weighted by Gasteiger charge is 2.04. The SMILES string of the molecule is Cc1cc(C)cc(-c2[nH]ccc2I)c1. The number of nitrogens with one attached hydrogen (secondary N) is 1. The molecule has 1 aromatic carbocycles. The van der Waals surface area contributed by atoms with Gasteiger partial charge in [-0.25, -0.2) is 0 Å². The van der Waals surface area contributed by atoms with Crippen molar-refractivity contribution in [2.75, 3.05) is 0 Å². The fourth-order valence-electron chi connectivity index (χ4n) is 1.69. The van der Waals surface area contributed by atoms with Crippen LogP contribution < -0.4 is 0 Å². The fourth-order valence-corrected chi connectivity index (χ4v) is 2.34. The van der Waals surface area contributed by atoms with E-state index in [2.05, 4.69) is 65.7 Å². The predicted molar refractivity (Wildman–Crippen MR) is 68.4 cm³/mol. The minimum absolute atomic E-state index is 1.22. The smallest absolute Gasteiger partial charge is 0.0589 e. The van der Waals surface area contributed by atoms with Crippen LogP contribution in [0.25, 0.3) is 11.3 Å². The Balaban J connectivity index is 2.57. The first-order chi connectivity index (χ1) is 6.66. The summed E-state index contributed by atoms with van der Waals surface area (Å²) in [5, 5.41) is 0. The summed E-state index contributed by atoms with van der Waals surface area (Å²) < 4.78 is 1.27. The van der Waals surface area contributed by atoms with Gasteiger partial charge in [0.2, 0.25) is 0 Å². The van der Waals surface area contributed by atoms with E-state index in [1.165, 1.54) is 26.0 Å². The van der Waals surface area contributed by atoms with E-state index in [1.54, 1.807) is 0 Å². The molecule has 2 aromatic rings. The summed E-state index contributed by atoms with van der Waals surface area (Å²) in [6.45, 7) is 4.26. The Morgan fingerprint density at radius 1 is 1.07 bits per heavy atom. The zero-order chi connectivity index (χ0) is 10.1. The average Bonchev–Trinajstić information content (AvgIpc) is 2.49. The molecule has 1 nitrogen and oxygen atoms in total. The van der Waals surface area contributed by atoms with Crippen molar-refractivity contribution >= 4 is 22.6 Å². The molecule has 2 rings (SSSR count). The molecule has 14 heavy (non-hydrogen) atoms.